The van der Waals surface area contributed by atoms with Crippen molar-refractivity contribution in [1.82, 2.24) is 0 Å². The summed E-state index contributed by atoms with van der Waals surface area (Å²) in [5.74, 6) is 1.11. The van der Waals surface area contributed by atoms with Gasteiger partial charge in [-0.25, -0.2) is 4.39 Å². The number of fused-ring (bicyclic) bond motifs is 3. The average molecular weight is 307 g/mol. The number of anilines is 1. The van der Waals surface area contributed by atoms with Gasteiger partial charge in [0.1, 0.15) is 5.82 Å². The standard InChI is InChI=1S/C21H22FN/c1-13(2)14-8-5-10-16-15-9-6-11-17(15)21(23-20(14)16)18-7-3-4-12-19(18)22/h3-10,12-13,15,17,21,23H,11H2,1-2H3/t15-,17+,21+/m1/s1. The minimum Gasteiger partial charge on any atom is -0.377 e. The van der Waals surface area contributed by atoms with Gasteiger partial charge in [0.25, 0.3) is 0 Å². The van der Waals surface area contributed by atoms with Crippen molar-refractivity contribution in [2.45, 2.75) is 38.1 Å². The highest BCUT2D eigenvalue weighted by Crippen LogP contribution is 2.51. The van der Waals surface area contributed by atoms with E-state index in [-0.39, 0.29) is 11.9 Å². The first-order valence-corrected chi connectivity index (χ1v) is 8.47. The lowest BCUT2D eigenvalue weighted by Crippen LogP contribution is -2.30. The molecule has 0 amide bonds. The summed E-state index contributed by atoms with van der Waals surface area (Å²) in [5, 5.41) is 3.70. The molecule has 2 heteroatoms. The normalized spacial score (nSPS) is 25.1. The fraction of sp³-hybridized carbons (Fsp3) is 0.333. The van der Waals surface area contributed by atoms with Crippen LogP contribution in [0.1, 0.15) is 54.8 Å². The average Bonchev–Trinajstić information content (AvgIpc) is 3.04. The highest BCUT2D eigenvalue weighted by Gasteiger charge is 2.39. The van der Waals surface area contributed by atoms with Crippen molar-refractivity contribution >= 4 is 5.69 Å². The number of para-hydroxylation sites is 1. The summed E-state index contributed by atoms with van der Waals surface area (Å²) in [6, 6.07) is 13.8. The Hall–Kier alpha value is -2.09. The molecule has 118 valence electrons. The van der Waals surface area contributed by atoms with Crippen LogP contribution in [0.2, 0.25) is 0 Å². The lowest BCUT2D eigenvalue weighted by atomic mass is 9.75. The molecule has 0 spiro atoms. The summed E-state index contributed by atoms with van der Waals surface area (Å²) in [5.41, 5.74) is 4.68. The van der Waals surface area contributed by atoms with Crippen molar-refractivity contribution in [2.75, 3.05) is 5.32 Å². The van der Waals surface area contributed by atoms with Gasteiger partial charge in [0.2, 0.25) is 0 Å². The second kappa shape index (κ2) is 5.52. The summed E-state index contributed by atoms with van der Waals surface area (Å²) >= 11 is 0. The van der Waals surface area contributed by atoms with Gasteiger partial charge in [0, 0.05) is 17.2 Å². The van der Waals surface area contributed by atoms with Crippen LogP contribution in [0.3, 0.4) is 0 Å². The fourth-order valence-corrected chi connectivity index (χ4v) is 4.16. The van der Waals surface area contributed by atoms with Gasteiger partial charge in [-0.2, -0.15) is 0 Å². The van der Waals surface area contributed by atoms with Gasteiger partial charge >= 0.3 is 0 Å². The number of hydrogen-bond donors (Lipinski definition) is 1. The van der Waals surface area contributed by atoms with Crippen molar-refractivity contribution in [1.29, 1.82) is 0 Å². The Morgan fingerprint density at radius 3 is 2.61 bits per heavy atom. The van der Waals surface area contributed by atoms with E-state index in [1.807, 2.05) is 12.1 Å². The number of hydrogen-bond acceptors (Lipinski definition) is 1. The van der Waals surface area contributed by atoms with E-state index in [0.29, 0.717) is 17.8 Å². The number of halogens is 1. The molecular formula is C21H22FN. The van der Waals surface area contributed by atoms with Gasteiger partial charge in [-0.3, -0.25) is 0 Å². The summed E-state index contributed by atoms with van der Waals surface area (Å²) in [6.07, 6.45) is 5.56. The van der Waals surface area contributed by atoms with Crippen LogP contribution < -0.4 is 5.32 Å². The Balaban J connectivity index is 1.86. The molecule has 0 aromatic heterocycles. The summed E-state index contributed by atoms with van der Waals surface area (Å²) in [6.45, 7) is 4.43. The summed E-state index contributed by atoms with van der Waals surface area (Å²) in [4.78, 5) is 0. The Bertz CT molecular complexity index is 762. The van der Waals surface area contributed by atoms with E-state index < -0.39 is 0 Å². The largest absolute Gasteiger partial charge is 0.377 e. The Morgan fingerprint density at radius 2 is 1.83 bits per heavy atom. The highest BCUT2D eigenvalue weighted by atomic mass is 19.1. The molecule has 1 nitrogen and oxygen atoms in total. The van der Waals surface area contributed by atoms with Crippen LogP contribution in [-0.2, 0) is 0 Å². The van der Waals surface area contributed by atoms with Crippen molar-refractivity contribution in [3.8, 4) is 0 Å². The van der Waals surface area contributed by atoms with Gasteiger partial charge < -0.3 is 5.32 Å². The third-order valence-electron chi connectivity index (χ3n) is 5.29. The zero-order chi connectivity index (χ0) is 16.0. The second-order valence-electron chi connectivity index (χ2n) is 6.96. The van der Waals surface area contributed by atoms with Gasteiger partial charge in [-0.1, -0.05) is 62.4 Å². The third-order valence-corrected chi connectivity index (χ3v) is 5.29. The lowest BCUT2D eigenvalue weighted by Gasteiger charge is -2.39. The van der Waals surface area contributed by atoms with E-state index in [0.717, 1.165) is 12.0 Å². The van der Waals surface area contributed by atoms with Gasteiger partial charge in [0.15, 0.2) is 0 Å². The van der Waals surface area contributed by atoms with Crippen LogP contribution in [0.5, 0.6) is 0 Å². The smallest absolute Gasteiger partial charge is 0.128 e. The summed E-state index contributed by atoms with van der Waals surface area (Å²) in [7, 11) is 0. The molecule has 0 radical (unpaired) electrons. The molecule has 0 saturated carbocycles. The van der Waals surface area contributed by atoms with Crippen LogP contribution in [0.25, 0.3) is 0 Å². The first kappa shape index (κ1) is 14.5. The molecule has 0 unspecified atom stereocenters. The molecule has 23 heavy (non-hydrogen) atoms. The maximum atomic E-state index is 14.4. The van der Waals surface area contributed by atoms with E-state index in [2.05, 4.69) is 49.5 Å². The maximum absolute atomic E-state index is 14.4. The lowest BCUT2D eigenvalue weighted by molar-refractivity contribution is 0.412. The molecule has 0 fully saturated rings. The van der Waals surface area contributed by atoms with Gasteiger partial charge in [-0.15, -0.1) is 0 Å². The van der Waals surface area contributed by atoms with Crippen molar-refractivity contribution < 1.29 is 4.39 Å². The molecule has 0 bridgehead atoms. The third kappa shape index (κ3) is 2.28. The highest BCUT2D eigenvalue weighted by molar-refractivity contribution is 5.65. The number of benzene rings is 2. The minimum atomic E-state index is -0.110. The molecule has 2 aromatic carbocycles. The molecule has 2 aromatic rings. The molecule has 4 rings (SSSR count). The first-order valence-electron chi connectivity index (χ1n) is 8.47. The maximum Gasteiger partial charge on any atom is 0.128 e. The molecule has 1 aliphatic carbocycles. The SMILES string of the molecule is CC(C)c1cccc2c1N[C@H](c1ccccc1F)[C@H]1CC=C[C@H]21. The number of rotatable bonds is 2. The molecule has 1 aliphatic heterocycles. The second-order valence-corrected chi connectivity index (χ2v) is 6.96. The predicted molar refractivity (Wildman–Crippen MR) is 93.3 cm³/mol. The van der Waals surface area contributed by atoms with Gasteiger partial charge in [0.05, 0.1) is 6.04 Å². The van der Waals surface area contributed by atoms with Crippen molar-refractivity contribution in [3.05, 3.63) is 77.1 Å². The zero-order valence-electron chi connectivity index (χ0n) is 13.6. The van der Waals surface area contributed by atoms with Crippen LogP contribution in [0.4, 0.5) is 10.1 Å². The monoisotopic (exact) mass is 307 g/mol. The number of nitrogens with one attached hydrogen (secondary N) is 1. The fourth-order valence-electron chi connectivity index (χ4n) is 4.16. The van der Waals surface area contributed by atoms with Crippen LogP contribution >= 0.6 is 0 Å². The van der Waals surface area contributed by atoms with E-state index in [9.17, 15) is 4.39 Å². The predicted octanol–water partition coefficient (Wildman–Crippen LogP) is 5.78. The minimum absolute atomic E-state index is 0.0311. The molecule has 2 aliphatic rings. The van der Waals surface area contributed by atoms with E-state index in [4.69, 9.17) is 0 Å². The summed E-state index contributed by atoms with van der Waals surface area (Å²) < 4.78 is 14.4. The van der Waals surface area contributed by atoms with Crippen LogP contribution in [0, 0.1) is 11.7 Å². The van der Waals surface area contributed by atoms with Crippen LogP contribution in [-0.4, -0.2) is 0 Å². The van der Waals surface area contributed by atoms with Crippen molar-refractivity contribution in [2.24, 2.45) is 5.92 Å². The quantitative estimate of drug-likeness (QED) is 0.694. The Kier molecular flexibility index (Phi) is 3.48. The molecule has 1 N–H and O–H groups in total. The zero-order valence-corrected chi connectivity index (χ0v) is 13.6. The molecular weight excluding hydrogens is 285 g/mol. The van der Waals surface area contributed by atoms with Crippen LogP contribution in [0.15, 0.2) is 54.6 Å². The Morgan fingerprint density at radius 1 is 1.04 bits per heavy atom. The molecule has 1 heterocycles. The first-order chi connectivity index (χ1) is 11.2. The molecule has 3 atom stereocenters. The van der Waals surface area contributed by atoms with Crippen molar-refractivity contribution in [3.63, 3.8) is 0 Å². The van der Waals surface area contributed by atoms with E-state index in [1.165, 1.54) is 16.8 Å². The van der Waals surface area contributed by atoms with E-state index >= 15 is 0 Å². The van der Waals surface area contributed by atoms with Gasteiger partial charge in [-0.05, 0) is 35.4 Å². The molecule has 0 saturated heterocycles. The topological polar surface area (TPSA) is 12.0 Å². The van der Waals surface area contributed by atoms with E-state index in [1.54, 1.807) is 12.1 Å². The number of allylic oxidation sites excluding steroid dienone is 2. The Labute approximate surface area is 137 Å².